The monoisotopic (exact) mass is 394 g/mol. The number of sulfonamides is 1. The summed E-state index contributed by atoms with van der Waals surface area (Å²) in [5, 5.41) is 0.542. The van der Waals surface area contributed by atoms with Crippen LogP contribution in [-0.2, 0) is 14.8 Å². The summed E-state index contributed by atoms with van der Waals surface area (Å²) in [7, 11) is -3.50. The molecule has 2 aromatic carbocycles. The van der Waals surface area contributed by atoms with Gasteiger partial charge in [0.25, 0.3) is 0 Å². The molecule has 1 heterocycles. The average Bonchev–Trinajstić information content (AvgIpc) is 2.60. The number of amides is 1. The third kappa shape index (κ3) is 4.55. The molecule has 0 radical (unpaired) electrons. The molecule has 138 valence electrons. The number of anilines is 1. The van der Waals surface area contributed by atoms with Crippen LogP contribution in [0.4, 0.5) is 5.69 Å². The van der Waals surface area contributed by atoms with E-state index in [-0.39, 0.29) is 12.3 Å². The molecule has 1 unspecified atom stereocenters. The van der Waals surface area contributed by atoms with Crippen LogP contribution >= 0.6 is 11.6 Å². The lowest BCUT2D eigenvalue weighted by molar-refractivity contribution is -0.119. The van der Waals surface area contributed by atoms with Crippen molar-refractivity contribution in [2.45, 2.75) is 12.5 Å². The van der Waals surface area contributed by atoms with E-state index in [0.29, 0.717) is 35.2 Å². The van der Waals surface area contributed by atoms with E-state index in [1.807, 2.05) is 18.2 Å². The smallest absolute Gasteiger partial charge is 0.229 e. The summed E-state index contributed by atoms with van der Waals surface area (Å²) in [5.74, 6) is 0.461. The third-order valence-electron chi connectivity index (χ3n) is 4.04. The molecule has 1 N–H and O–H groups in total. The quantitative estimate of drug-likeness (QED) is 0.846. The number of rotatable bonds is 5. The van der Waals surface area contributed by atoms with Crippen LogP contribution in [0.15, 0.2) is 48.5 Å². The number of nitrogens with one attached hydrogen (secondary N) is 1. The van der Waals surface area contributed by atoms with Crippen molar-refractivity contribution >= 4 is 33.2 Å². The van der Waals surface area contributed by atoms with Crippen molar-refractivity contribution in [3.63, 3.8) is 0 Å². The first-order valence-corrected chi connectivity index (χ1v) is 10.4. The van der Waals surface area contributed by atoms with Gasteiger partial charge in [-0.05, 0) is 29.8 Å². The molecule has 1 atom stereocenters. The fourth-order valence-corrected chi connectivity index (χ4v) is 3.76. The minimum absolute atomic E-state index is 0.0109. The number of para-hydroxylation sites is 2. The van der Waals surface area contributed by atoms with E-state index >= 15 is 0 Å². The first kappa shape index (κ1) is 18.7. The van der Waals surface area contributed by atoms with Gasteiger partial charge < -0.3 is 9.64 Å². The molecule has 1 amide bonds. The zero-order chi connectivity index (χ0) is 18.7. The molecule has 6 nitrogen and oxygen atoms in total. The lowest BCUT2D eigenvalue weighted by Crippen LogP contribution is -2.40. The normalized spacial score (nSPS) is 15.1. The molecule has 8 heteroatoms. The Labute approximate surface area is 157 Å². The van der Waals surface area contributed by atoms with Gasteiger partial charge in [-0.1, -0.05) is 35.9 Å². The van der Waals surface area contributed by atoms with Crippen molar-refractivity contribution in [3.8, 4) is 5.75 Å². The van der Waals surface area contributed by atoms with Gasteiger partial charge in [-0.15, -0.1) is 0 Å². The molecule has 0 saturated heterocycles. The fourth-order valence-electron chi connectivity index (χ4n) is 2.89. The fraction of sp³-hybridized carbons (Fsp3) is 0.278. The molecule has 0 fully saturated rings. The number of benzene rings is 2. The van der Waals surface area contributed by atoms with Gasteiger partial charge in [0.05, 0.1) is 24.5 Å². The highest BCUT2D eigenvalue weighted by Gasteiger charge is 2.27. The molecular formula is C18H19ClN2O4S. The van der Waals surface area contributed by atoms with Crippen molar-refractivity contribution in [2.24, 2.45) is 0 Å². The minimum atomic E-state index is -3.50. The SMILES string of the molecule is CS(=O)(=O)NC(CC(=O)N1CCOc2ccccc21)c1ccc(Cl)cc1. The van der Waals surface area contributed by atoms with E-state index in [1.165, 1.54) is 0 Å². The second-order valence-corrected chi connectivity index (χ2v) is 8.28. The number of carbonyl (C=O) groups is 1. The van der Waals surface area contributed by atoms with Gasteiger partial charge in [0.1, 0.15) is 12.4 Å². The maximum Gasteiger partial charge on any atom is 0.229 e. The average molecular weight is 395 g/mol. The Hall–Kier alpha value is -2.09. The summed E-state index contributed by atoms with van der Waals surface area (Å²) in [6.07, 6.45) is 1.06. The lowest BCUT2D eigenvalue weighted by Gasteiger charge is -2.30. The first-order chi connectivity index (χ1) is 12.3. The number of ether oxygens (including phenoxy) is 1. The number of hydrogen-bond acceptors (Lipinski definition) is 4. The topological polar surface area (TPSA) is 75.7 Å². The predicted octanol–water partition coefficient (Wildman–Crippen LogP) is 2.75. The molecule has 2 aromatic rings. The van der Waals surface area contributed by atoms with E-state index < -0.39 is 16.1 Å². The van der Waals surface area contributed by atoms with Crippen molar-refractivity contribution in [3.05, 3.63) is 59.1 Å². The molecule has 1 aliphatic heterocycles. The van der Waals surface area contributed by atoms with Crippen molar-refractivity contribution in [1.82, 2.24) is 4.72 Å². The Balaban J connectivity index is 1.85. The molecule has 1 aliphatic rings. The molecule has 0 aliphatic carbocycles. The van der Waals surface area contributed by atoms with E-state index in [9.17, 15) is 13.2 Å². The third-order valence-corrected chi connectivity index (χ3v) is 5.00. The summed E-state index contributed by atoms with van der Waals surface area (Å²) < 4.78 is 31.6. The van der Waals surface area contributed by atoms with Crippen molar-refractivity contribution in [1.29, 1.82) is 0 Å². The van der Waals surface area contributed by atoms with Crippen LogP contribution in [0, 0.1) is 0 Å². The largest absolute Gasteiger partial charge is 0.490 e. The van der Waals surface area contributed by atoms with Crippen LogP contribution < -0.4 is 14.4 Å². The Morgan fingerprint density at radius 3 is 2.62 bits per heavy atom. The standard InChI is InChI=1S/C18H19ClN2O4S/c1-26(23,24)20-15(13-6-8-14(19)9-7-13)12-18(22)21-10-11-25-17-5-3-2-4-16(17)21/h2-9,15,20H,10-12H2,1H3. The van der Waals surface area contributed by atoms with Crippen LogP contribution in [0.25, 0.3) is 0 Å². The van der Waals surface area contributed by atoms with Crippen molar-refractivity contribution < 1.29 is 17.9 Å². The summed E-state index contributed by atoms with van der Waals surface area (Å²) in [6, 6.07) is 13.4. The van der Waals surface area contributed by atoms with Crippen LogP contribution in [-0.4, -0.2) is 33.7 Å². The number of nitrogens with zero attached hydrogens (tertiary/aromatic N) is 1. The highest BCUT2D eigenvalue weighted by molar-refractivity contribution is 7.88. The molecule has 0 spiro atoms. The Kier molecular flexibility index (Phi) is 5.50. The summed E-state index contributed by atoms with van der Waals surface area (Å²) in [6.45, 7) is 0.815. The second-order valence-electron chi connectivity index (χ2n) is 6.06. The van der Waals surface area contributed by atoms with Crippen LogP contribution in [0.3, 0.4) is 0 Å². The highest BCUT2D eigenvalue weighted by atomic mass is 35.5. The number of carbonyl (C=O) groups excluding carboxylic acids is 1. The number of halogens is 1. The van der Waals surface area contributed by atoms with Crippen LogP contribution in [0.2, 0.25) is 5.02 Å². The van der Waals surface area contributed by atoms with Gasteiger partial charge in [0.2, 0.25) is 15.9 Å². The Morgan fingerprint density at radius 1 is 1.23 bits per heavy atom. The first-order valence-electron chi connectivity index (χ1n) is 8.08. The van der Waals surface area contributed by atoms with Gasteiger partial charge in [0, 0.05) is 11.4 Å². The minimum Gasteiger partial charge on any atom is -0.490 e. The Bertz CT molecular complexity index is 900. The van der Waals surface area contributed by atoms with Crippen LogP contribution in [0.1, 0.15) is 18.0 Å². The molecule has 0 saturated carbocycles. The lowest BCUT2D eigenvalue weighted by atomic mass is 10.0. The summed E-state index contributed by atoms with van der Waals surface area (Å²) in [4.78, 5) is 14.5. The van der Waals surface area contributed by atoms with Gasteiger partial charge in [-0.25, -0.2) is 13.1 Å². The van der Waals surface area contributed by atoms with Gasteiger partial charge in [-0.2, -0.15) is 0 Å². The molecular weight excluding hydrogens is 376 g/mol. The maximum atomic E-state index is 12.9. The molecule has 0 aromatic heterocycles. The zero-order valence-corrected chi connectivity index (χ0v) is 15.8. The predicted molar refractivity (Wildman–Crippen MR) is 101 cm³/mol. The van der Waals surface area contributed by atoms with Gasteiger partial charge in [0.15, 0.2) is 0 Å². The van der Waals surface area contributed by atoms with Crippen molar-refractivity contribution in [2.75, 3.05) is 24.3 Å². The molecule has 26 heavy (non-hydrogen) atoms. The molecule has 3 rings (SSSR count). The molecule has 0 bridgehead atoms. The Morgan fingerprint density at radius 2 is 1.92 bits per heavy atom. The van der Waals surface area contributed by atoms with Gasteiger partial charge >= 0.3 is 0 Å². The van der Waals surface area contributed by atoms with Gasteiger partial charge in [-0.3, -0.25) is 4.79 Å². The second kappa shape index (κ2) is 7.65. The zero-order valence-electron chi connectivity index (χ0n) is 14.2. The van der Waals surface area contributed by atoms with E-state index in [0.717, 1.165) is 6.26 Å². The van der Waals surface area contributed by atoms with E-state index in [4.69, 9.17) is 16.3 Å². The summed E-state index contributed by atoms with van der Waals surface area (Å²) >= 11 is 5.91. The van der Waals surface area contributed by atoms with E-state index in [1.54, 1.807) is 35.2 Å². The number of fused-ring (bicyclic) bond motifs is 1. The maximum absolute atomic E-state index is 12.9. The van der Waals surface area contributed by atoms with E-state index in [2.05, 4.69) is 4.72 Å². The highest BCUT2D eigenvalue weighted by Crippen LogP contribution is 2.32. The number of hydrogen-bond donors (Lipinski definition) is 1. The summed E-state index contributed by atoms with van der Waals surface area (Å²) in [5.41, 5.74) is 1.37. The van der Waals surface area contributed by atoms with Crippen LogP contribution in [0.5, 0.6) is 5.75 Å².